The predicted octanol–water partition coefficient (Wildman–Crippen LogP) is 1.42. The Morgan fingerprint density at radius 3 is 2.95 bits per heavy atom. The topological polar surface area (TPSA) is 83.9 Å². The van der Waals surface area contributed by atoms with Crippen LogP contribution < -0.4 is 0 Å². The van der Waals surface area contributed by atoms with Gasteiger partial charge < -0.3 is 0 Å². The Kier molecular flexibility index (Phi) is 2.46. The van der Waals surface area contributed by atoms with Crippen molar-refractivity contribution in [3.8, 4) is 6.07 Å². The summed E-state index contributed by atoms with van der Waals surface area (Å²) in [5, 5.41) is 17.1. The minimum atomic E-state index is -0.499. The monoisotopic (exact) mass is 251 g/mol. The molecule has 19 heavy (non-hydrogen) atoms. The number of hydrogen-bond donors (Lipinski definition) is 0. The van der Waals surface area contributed by atoms with E-state index in [0.717, 1.165) is 11.0 Å². The molecule has 1 aromatic heterocycles. The average molecular weight is 251 g/mol. The van der Waals surface area contributed by atoms with E-state index in [9.17, 15) is 4.79 Å². The Balaban J connectivity index is 2.17. The van der Waals surface area contributed by atoms with Crippen molar-refractivity contribution in [2.75, 3.05) is 0 Å². The molecule has 6 nitrogen and oxygen atoms in total. The number of fused-ring (bicyclic) bond motifs is 1. The third-order valence-corrected chi connectivity index (χ3v) is 3.02. The molecule has 1 atom stereocenters. The predicted molar refractivity (Wildman–Crippen MR) is 68.4 cm³/mol. The molecule has 1 unspecified atom stereocenters. The zero-order valence-electron chi connectivity index (χ0n) is 10.1. The van der Waals surface area contributed by atoms with Crippen LogP contribution in [0.4, 0.5) is 0 Å². The number of aliphatic imine (C=N–C) groups is 1. The number of nitriles is 1. The lowest BCUT2D eigenvalue weighted by Gasteiger charge is -2.17. The molecule has 0 saturated carbocycles. The SMILES string of the molecule is CC1=NC(=O)C(C#N)=CC1n1nnc2ccccc21. The van der Waals surface area contributed by atoms with Gasteiger partial charge >= 0.3 is 0 Å². The summed E-state index contributed by atoms with van der Waals surface area (Å²) in [4.78, 5) is 15.4. The molecule has 1 amide bonds. The molecule has 2 heterocycles. The normalized spacial score (nSPS) is 18.9. The molecule has 0 N–H and O–H groups in total. The summed E-state index contributed by atoms with van der Waals surface area (Å²) in [7, 11) is 0. The molecule has 3 rings (SSSR count). The number of allylic oxidation sites excluding steroid dienone is 1. The number of dihydropyridines is 1. The third-order valence-electron chi connectivity index (χ3n) is 3.02. The Morgan fingerprint density at radius 1 is 1.37 bits per heavy atom. The second-order valence-corrected chi connectivity index (χ2v) is 4.22. The van der Waals surface area contributed by atoms with Crippen molar-refractivity contribution in [3.63, 3.8) is 0 Å². The standard InChI is InChI=1S/C13H9N5O/c1-8-12(6-9(7-14)13(19)15-8)18-11-5-3-2-4-10(11)16-17-18/h2-6,12H,1H3. The highest BCUT2D eigenvalue weighted by Crippen LogP contribution is 2.22. The van der Waals surface area contributed by atoms with Crippen molar-refractivity contribution in [1.82, 2.24) is 15.0 Å². The van der Waals surface area contributed by atoms with E-state index in [1.165, 1.54) is 0 Å². The minimum absolute atomic E-state index is 0.0372. The average Bonchev–Trinajstić information content (AvgIpc) is 2.83. The summed E-state index contributed by atoms with van der Waals surface area (Å²) in [6, 6.07) is 9.02. The highest BCUT2D eigenvalue weighted by atomic mass is 16.1. The maximum Gasteiger partial charge on any atom is 0.287 e. The fourth-order valence-corrected chi connectivity index (χ4v) is 2.06. The highest BCUT2D eigenvalue weighted by Gasteiger charge is 2.24. The molecular formula is C13H9N5O. The van der Waals surface area contributed by atoms with E-state index in [1.807, 2.05) is 30.3 Å². The van der Waals surface area contributed by atoms with Crippen LogP contribution in [0.25, 0.3) is 11.0 Å². The molecule has 0 radical (unpaired) electrons. The van der Waals surface area contributed by atoms with E-state index >= 15 is 0 Å². The number of para-hydroxylation sites is 1. The number of rotatable bonds is 1. The van der Waals surface area contributed by atoms with Gasteiger partial charge in [-0.1, -0.05) is 17.3 Å². The van der Waals surface area contributed by atoms with Crippen molar-refractivity contribution in [3.05, 3.63) is 35.9 Å². The molecule has 1 aliphatic rings. The number of aromatic nitrogens is 3. The zero-order chi connectivity index (χ0) is 13.4. The lowest BCUT2D eigenvalue weighted by molar-refractivity contribution is -0.114. The maximum atomic E-state index is 11.5. The van der Waals surface area contributed by atoms with Crippen LogP contribution in [0.2, 0.25) is 0 Å². The van der Waals surface area contributed by atoms with Crippen LogP contribution in [0, 0.1) is 11.3 Å². The molecule has 0 spiro atoms. The Hall–Kier alpha value is -2.81. The molecule has 2 aromatic rings. The highest BCUT2D eigenvalue weighted by molar-refractivity contribution is 6.10. The first-order valence-corrected chi connectivity index (χ1v) is 5.72. The van der Waals surface area contributed by atoms with Crippen LogP contribution in [-0.4, -0.2) is 26.6 Å². The van der Waals surface area contributed by atoms with Gasteiger partial charge in [-0.15, -0.1) is 5.10 Å². The van der Waals surface area contributed by atoms with E-state index in [4.69, 9.17) is 5.26 Å². The smallest absolute Gasteiger partial charge is 0.266 e. The first kappa shape index (κ1) is 11.3. The van der Waals surface area contributed by atoms with Crippen LogP contribution in [0.3, 0.4) is 0 Å². The van der Waals surface area contributed by atoms with Crippen molar-refractivity contribution in [2.45, 2.75) is 13.0 Å². The Morgan fingerprint density at radius 2 is 2.16 bits per heavy atom. The number of carbonyl (C=O) groups is 1. The third kappa shape index (κ3) is 1.72. The number of amides is 1. The van der Waals surface area contributed by atoms with Crippen LogP contribution in [0.1, 0.15) is 13.0 Å². The summed E-state index contributed by atoms with van der Waals surface area (Å²) in [6.07, 6.45) is 1.58. The van der Waals surface area contributed by atoms with Gasteiger partial charge in [0.25, 0.3) is 5.91 Å². The second-order valence-electron chi connectivity index (χ2n) is 4.22. The zero-order valence-corrected chi connectivity index (χ0v) is 10.1. The fourth-order valence-electron chi connectivity index (χ4n) is 2.06. The van der Waals surface area contributed by atoms with E-state index in [2.05, 4.69) is 15.3 Å². The molecule has 0 fully saturated rings. The van der Waals surface area contributed by atoms with Crippen LogP contribution in [0.15, 0.2) is 40.9 Å². The largest absolute Gasteiger partial charge is 0.287 e. The quantitative estimate of drug-likeness (QED) is 0.767. The lowest BCUT2D eigenvalue weighted by Crippen LogP contribution is -2.22. The number of nitrogens with zero attached hydrogens (tertiary/aromatic N) is 5. The summed E-state index contributed by atoms with van der Waals surface area (Å²) < 4.78 is 1.66. The van der Waals surface area contributed by atoms with Gasteiger partial charge in [0.2, 0.25) is 0 Å². The Bertz CT molecular complexity index is 778. The second kappa shape index (κ2) is 4.14. The van der Waals surface area contributed by atoms with Gasteiger partial charge in [-0.25, -0.2) is 9.67 Å². The van der Waals surface area contributed by atoms with E-state index < -0.39 is 5.91 Å². The van der Waals surface area contributed by atoms with E-state index in [-0.39, 0.29) is 11.6 Å². The van der Waals surface area contributed by atoms with Crippen molar-refractivity contribution in [1.29, 1.82) is 5.26 Å². The first-order chi connectivity index (χ1) is 9.20. The van der Waals surface area contributed by atoms with Gasteiger partial charge in [-0.3, -0.25) is 4.79 Å². The number of hydrogen-bond acceptors (Lipinski definition) is 4. The molecule has 0 bridgehead atoms. The van der Waals surface area contributed by atoms with E-state index in [0.29, 0.717) is 5.71 Å². The van der Waals surface area contributed by atoms with Crippen molar-refractivity contribution >= 4 is 22.7 Å². The molecule has 6 heteroatoms. The summed E-state index contributed by atoms with van der Waals surface area (Å²) in [5.41, 5.74) is 2.24. The number of carbonyl (C=O) groups excluding carboxylic acids is 1. The van der Waals surface area contributed by atoms with Gasteiger partial charge in [0.15, 0.2) is 0 Å². The van der Waals surface area contributed by atoms with Crippen LogP contribution in [-0.2, 0) is 4.79 Å². The summed E-state index contributed by atoms with van der Waals surface area (Å²) in [6.45, 7) is 1.74. The molecule has 92 valence electrons. The van der Waals surface area contributed by atoms with Gasteiger partial charge in [-0.2, -0.15) is 5.26 Å². The lowest BCUT2D eigenvalue weighted by atomic mass is 10.1. The van der Waals surface area contributed by atoms with Crippen LogP contribution >= 0.6 is 0 Å². The summed E-state index contributed by atoms with van der Waals surface area (Å²) in [5.74, 6) is -0.499. The molecular weight excluding hydrogens is 242 g/mol. The van der Waals surface area contributed by atoms with Gasteiger partial charge in [0, 0.05) is 5.71 Å². The van der Waals surface area contributed by atoms with Crippen molar-refractivity contribution in [2.24, 2.45) is 4.99 Å². The van der Waals surface area contributed by atoms with Gasteiger partial charge in [0.05, 0.1) is 5.52 Å². The van der Waals surface area contributed by atoms with Crippen LogP contribution in [0.5, 0.6) is 0 Å². The minimum Gasteiger partial charge on any atom is -0.266 e. The summed E-state index contributed by atoms with van der Waals surface area (Å²) >= 11 is 0. The molecule has 0 aliphatic carbocycles. The van der Waals surface area contributed by atoms with Crippen molar-refractivity contribution < 1.29 is 4.79 Å². The Labute approximate surface area is 108 Å². The first-order valence-electron chi connectivity index (χ1n) is 5.72. The van der Waals surface area contributed by atoms with E-state index in [1.54, 1.807) is 17.7 Å². The molecule has 1 aromatic carbocycles. The molecule has 1 aliphatic heterocycles. The number of benzene rings is 1. The van der Waals surface area contributed by atoms with Gasteiger partial charge in [-0.05, 0) is 25.1 Å². The molecule has 0 saturated heterocycles. The fraction of sp³-hybridized carbons (Fsp3) is 0.154. The maximum absolute atomic E-state index is 11.5. The van der Waals surface area contributed by atoms with Gasteiger partial charge in [0.1, 0.15) is 23.2 Å².